The van der Waals surface area contributed by atoms with Crippen LogP contribution in [0.2, 0.25) is 0 Å². The van der Waals surface area contributed by atoms with Crippen LogP contribution in [-0.2, 0) is 10.0 Å². The molecule has 2 heterocycles. The Hall–Kier alpha value is -1.40. The van der Waals surface area contributed by atoms with Crippen LogP contribution in [0.3, 0.4) is 0 Å². The molecule has 2 aromatic rings. The zero-order valence-corrected chi connectivity index (χ0v) is 12.8. The van der Waals surface area contributed by atoms with Crippen LogP contribution in [0.5, 0.6) is 0 Å². The van der Waals surface area contributed by atoms with Gasteiger partial charge in [0.15, 0.2) is 0 Å². The number of rotatable bonds is 3. The Morgan fingerprint density at radius 2 is 2.19 bits per heavy atom. The highest BCUT2D eigenvalue weighted by atomic mass is 32.2. The van der Waals surface area contributed by atoms with Crippen molar-refractivity contribution in [2.24, 2.45) is 0 Å². The number of nitrogens with one attached hydrogen (secondary N) is 1. The van der Waals surface area contributed by atoms with Crippen LogP contribution in [0.15, 0.2) is 24.3 Å². The maximum absolute atomic E-state index is 13.3. The number of halogens is 1. The first-order valence-electron chi connectivity index (χ1n) is 7.25. The van der Waals surface area contributed by atoms with Crippen molar-refractivity contribution in [2.45, 2.75) is 25.7 Å². The van der Waals surface area contributed by atoms with Crippen LogP contribution in [0, 0.1) is 5.82 Å². The molecule has 1 fully saturated rings. The lowest BCUT2D eigenvalue weighted by Crippen LogP contribution is -2.39. The topological polar surface area (TPSA) is 53.2 Å². The predicted octanol–water partition coefficient (Wildman–Crippen LogP) is 2.84. The lowest BCUT2D eigenvalue weighted by atomic mass is 9.96. The molecule has 3 rings (SSSR count). The first-order valence-corrected chi connectivity index (χ1v) is 8.86. The fourth-order valence-corrected chi connectivity index (χ4v) is 4.16. The summed E-state index contributed by atoms with van der Waals surface area (Å²) in [5, 5.41) is 0.834. The van der Waals surface area contributed by atoms with Gasteiger partial charge >= 0.3 is 0 Å². The minimum atomic E-state index is -3.14. The molecular formula is C15H19FN2O2S. The molecule has 0 radical (unpaired) electrons. The summed E-state index contributed by atoms with van der Waals surface area (Å²) in [6.07, 6.45) is 1.80. The second kappa shape index (κ2) is 5.42. The zero-order valence-electron chi connectivity index (χ0n) is 12.0. The van der Waals surface area contributed by atoms with Crippen molar-refractivity contribution in [3.8, 4) is 0 Å². The lowest BCUT2D eigenvalue weighted by Gasteiger charge is -2.31. The number of nitrogens with zero attached hydrogens (tertiary/aromatic N) is 1. The highest BCUT2D eigenvalue weighted by Crippen LogP contribution is 2.30. The van der Waals surface area contributed by atoms with Crippen molar-refractivity contribution in [1.29, 1.82) is 0 Å². The van der Waals surface area contributed by atoms with Crippen LogP contribution < -0.4 is 0 Å². The summed E-state index contributed by atoms with van der Waals surface area (Å²) in [7, 11) is -3.14. The van der Waals surface area contributed by atoms with Gasteiger partial charge in [-0.2, -0.15) is 0 Å². The van der Waals surface area contributed by atoms with Crippen molar-refractivity contribution in [3.63, 3.8) is 0 Å². The zero-order chi connectivity index (χ0) is 15.0. The molecule has 6 heteroatoms. The molecule has 0 bridgehead atoms. The molecule has 1 atom stereocenters. The maximum atomic E-state index is 13.3. The Labute approximate surface area is 124 Å². The van der Waals surface area contributed by atoms with E-state index in [4.69, 9.17) is 0 Å². The van der Waals surface area contributed by atoms with Crippen LogP contribution in [0.4, 0.5) is 4.39 Å². The number of H-pyrrole nitrogens is 1. The molecule has 0 saturated carbocycles. The van der Waals surface area contributed by atoms with E-state index >= 15 is 0 Å². The smallest absolute Gasteiger partial charge is 0.213 e. The van der Waals surface area contributed by atoms with E-state index in [2.05, 4.69) is 4.98 Å². The third-order valence-corrected chi connectivity index (χ3v) is 6.03. The summed E-state index contributed by atoms with van der Waals surface area (Å²) in [5.74, 6) is 0.0277. The summed E-state index contributed by atoms with van der Waals surface area (Å²) in [5.41, 5.74) is 1.88. The van der Waals surface area contributed by atoms with Crippen LogP contribution in [0.1, 0.15) is 31.4 Å². The van der Waals surface area contributed by atoms with Gasteiger partial charge in [-0.15, -0.1) is 0 Å². The van der Waals surface area contributed by atoms with Gasteiger partial charge < -0.3 is 4.98 Å². The Kier molecular flexibility index (Phi) is 3.75. The SMILES string of the molecule is CCS(=O)(=O)N1CCCC(c2cc3cc(F)ccc3[nH]2)C1. The average Bonchev–Trinajstić information content (AvgIpc) is 2.90. The summed E-state index contributed by atoms with van der Waals surface area (Å²) < 4.78 is 38.9. The number of hydrogen-bond acceptors (Lipinski definition) is 2. The minimum absolute atomic E-state index is 0.137. The van der Waals surface area contributed by atoms with Gasteiger partial charge in [0.1, 0.15) is 5.82 Å². The Morgan fingerprint density at radius 1 is 1.38 bits per heavy atom. The summed E-state index contributed by atoms with van der Waals surface area (Å²) in [6.45, 7) is 2.78. The molecule has 1 unspecified atom stereocenters. The number of aromatic amines is 1. The van der Waals surface area contributed by atoms with E-state index < -0.39 is 10.0 Å². The third kappa shape index (κ3) is 2.82. The van der Waals surface area contributed by atoms with Crippen molar-refractivity contribution in [3.05, 3.63) is 35.8 Å². The second-order valence-corrected chi connectivity index (χ2v) is 7.81. The van der Waals surface area contributed by atoms with Gasteiger partial charge in [-0.25, -0.2) is 17.1 Å². The molecule has 0 spiro atoms. The summed E-state index contributed by atoms with van der Waals surface area (Å²) in [6, 6.07) is 6.58. The van der Waals surface area contributed by atoms with Crippen molar-refractivity contribution in [2.75, 3.05) is 18.8 Å². The third-order valence-electron chi connectivity index (χ3n) is 4.19. The van der Waals surface area contributed by atoms with Crippen LogP contribution in [0.25, 0.3) is 10.9 Å². The van der Waals surface area contributed by atoms with Crippen molar-refractivity contribution < 1.29 is 12.8 Å². The normalized spacial score (nSPS) is 21.0. The Balaban J connectivity index is 1.88. The van der Waals surface area contributed by atoms with E-state index in [1.165, 1.54) is 12.1 Å². The molecular weight excluding hydrogens is 291 g/mol. The van der Waals surface area contributed by atoms with E-state index in [1.807, 2.05) is 6.07 Å². The van der Waals surface area contributed by atoms with E-state index in [0.717, 1.165) is 29.4 Å². The standard InChI is InChI=1S/C15H19FN2O2S/c1-2-21(19,20)18-7-3-4-11(10-18)15-9-12-8-13(16)5-6-14(12)17-15/h5-6,8-9,11,17H,2-4,7,10H2,1H3. The molecule has 0 aliphatic carbocycles. The van der Waals surface area contributed by atoms with Crippen molar-refractivity contribution >= 4 is 20.9 Å². The largest absolute Gasteiger partial charge is 0.358 e. The van der Waals surface area contributed by atoms with Gasteiger partial charge in [-0.1, -0.05) is 0 Å². The molecule has 1 saturated heterocycles. The average molecular weight is 310 g/mol. The highest BCUT2D eigenvalue weighted by Gasteiger charge is 2.29. The molecule has 114 valence electrons. The summed E-state index contributed by atoms with van der Waals surface area (Å²) in [4.78, 5) is 3.29. The second-order valence-electron chi connectivity index (χ2n) is 5.55. The van der Waals surface area contributed by atoms with Gasteiger partial charge in [0.05, 0.1) is 5.75 Å². The molecule has 1 N–H and O–H groups in total. The Bertz CT molecular complexity index is 754. The first kappa shape index (κ1) is 14.5. The van der Waals surface area contributed by atoms with E-state index in [1.54, 1.807) is 17.3 Å². The molecule has 1 aromatic carbocycles. The number of sulfonamides is 1. The number of aromatic nitrogens is 1. The quantitative estimate of drug-likeness (QED) is 0.948. The van der Waals surface area contributed by atoms with Crippen LogP contribution >= 0.6 is 0 Å². The number of benzene rings is 1. The van der Waals surface area contributed by atoms with Crippen LogP contribution in [-0.4, -0.2) is 36.5 Å². The van der Waals surface area contributed by atoms with Gasteiger partial charge in [0, 0.05) is 35.6 Å². The van der Waals surface area contributed by atoms with E-state index in [9.17, 15) is 12.8 Å². The van der Waals surface area contributed by atoms with Gasteiger partial charge in [-0.3, -0.25) is 0 Å². The number of hydrogen-bond donors (Lipinski definition) is 1. The fraction of sp³-hybridized carbons (Fsp3) is 0.467. The fourth-order valence-electron chi connectivity index (χ4n) is 2.98. The summed E-state index contributed by atoms with van der Waals surface area (Å²) >= 11 is 0. The minimum Gasteiger partial charge on any atom is -0.358 e. The molecule has 1 aromatic heterocycles. The van der Waals surface area contributed by atoms with Crippen molar-refractivity contribution in [1.82, 2.24) is 9.29 Å². The van der Waals surface area contributed by atoms with Gasteiger partial charge in [0.2, 0.25) is 10.0 Å². The van der Waals surface area contributed by atoms with E-state index in [0.29, 0.717) is 13.1 Å². The predicted molar refractivity (Wildman–Crippen MR) is 81.3 cm³/mol. The number of piperidine rings is 1. The molecule has 21 heavy (non-hydrogen) atoms. The maximum Gasteiger partial charge on any atom is 0.213 e. The molecule has 0 amide bonds. The Morgan fingerprint density at radius 3 is 2.95 bits per heavy atom. The first-order chi connectivity index (χ1) is 9.99. The monoisotopic (exact) mass is 310 g/mol. The number of fused-ring (bicyclic) bond motifs is 1. The highest BCUT2D eigenvalue weighted by molar-refractivity contribution is 7.89. The lowest BCUT2D eigenvalue weighted by molar-refractivity contribution is 0.314. The van der Waals surface area contributed by atoms with E-state index in [-0.39, 0.29) is 17.5 Å². The molecule has 1 aliphatic rings. The van der Waals surface area contributed by atoms with Gasteiger partial charge in [0.25, 0.3) is 0 Å². The van der Waals surface area contributed by atoms with Gasteiger partial charge in [-0.05, 0) is 44.0 Å². The molecule has 4 nitrogen and oxygen atoms in total. The molecule has 1 aliphatic heterocycles.